The summed E-state index contributed by atoms with van der Waals surface area (Å²) in [5.41, 5.74) is 3.17. The lowest BCUT2D eigenvalue weighted by Crippen LogP contribution is -2.44. The van der Waals surface area contributed by atoms with Gasteiger partial charge >= 0.3 is 11.8 Å². The van der Waals surface area contributed by atoms with Crippen LogP contribution >= 0.6 is 39.1 Å². The summed E-state index contributed by atoms with van der Waals surface area (Å²) in [6.45, 7) is 3.60. The predicted octanol–water partition coefficient (Wildman–Crippen LogP) is 6.22. The molecule has 10 heteroatoms. The summed E-state index contributed by atoms with van der Waals surface area (Å²) in [7, 11) is 2.92. The van der Waals surface area contributed by atoms with E-state index in [1.165, 1.54) is 19.0 Å². The number of nitrogens with one attached hydrogen (secondary N) is 1. The lowest BCUT2D eigenvalue weighted by atomic mass is 10.1. The second-order valence-electron chi connectivity index (χ2n) is 8.57. The number of nitrogens with zero attached hydrogens (tertiary/aromatic N) is 2. The van der Waals surface area contributed by atoms with Crippen LogP contribution in [0.15, 0.2) is 59.1 Å². The highest BCUT2D eigenvalue weighted by Crippen LogP contribution is 2.33. The van der Waals surface area contributed by atoms with E-state index in [4.69, 9.17) is 27.9 Å². The van der Waals surface area contributed by atoms with Crippen molar-refractivity contribution in [1.29, 1.82) is 0 Å². The van der Waals surface area contributed by atoms with Crippen LogP contribution in [-0.4, -0.2) is 48.2 Å². The van der Waals surface area contributed by atoms with Crippen LogP contribution in [0.1, 0.15) is 16.7 Å². The fourth-order valence-corrected chi connectivity index (χ4v) is 4.18. The molecule has 3 rings (SSSR count). The zero-order valence-electron chi connectivity index (χ0n) is 20.8. The minimum atomic E-state index is -0.803. The van der Waals surface area contributed by atoms with Crippen molar-refractivity contribution in [2.75, 3.05) is 26.0 Å². The summed E-state index contributed by atoms with van der Waals surface area (Å²) in [6, 6.07) is 15.9. The van der Waals surface area contributed by atoms with E-state index in [9.17, 15) is 14.4 Å². The maximum atomic E-state index is 12.9. The van der Waals surface area contributed by atoms with Gasteiger partial charge in [0.05, 0.1) is 10.0 Å². The number of carbonyl (C=O) groups is 3. The molecule has 0 fully saturated rings. The Hall–Kier alpha value is -3.07. The smallest absolute Gasteiger partial charge is 0.312 e. The van der Waals surface area contributed by atoms with Gasteiger partial charge in [0.1, 0.15) is 18.0 Å². The highest BCUT2D eigenvalue weighted by Gasteiger charge is 2.25. The molecule has 7 nitrogen and oxygen atoms in total. The van der Waals surface area contributed by atoms with Gasteiger partial charge in [0, 0.05) is 42.4 Å². The van der Waals surface area contributed by atoms with Gasteiger partial charge < -0.3 is 19.9 Å². The maximum Gasteiger partial charge on any atom is 0.312 e. The van der Waals surface area contributed by atoms with Crippen molar-refractivity contribution in [3.05, 3.63) is 85.8 Å². The minimum Gasteiger partial charge on any atom is -0.457 e. The number of ether oxygens (including phenoxy) is 1. The van der Waals surface area contributed by atoms with Crippen molar-refractivity contribution in [1.82, 2.24) is 9.80 Å². The van der Waals surface area contributed by atoms with Crippen molar-refractivity contribution in [3.8, 4) is 11.5 Å². The molecule has 0 aliphatic heterocycles. The first kappa shape index (κ1) is 28.5. The van der Waals surface area contributed by atoms with E-state index < -0.39 is 17.7 Å². The molecular weight excluding hydrogens is 581 g/mol. The number of aryl methyl sites for hydroxylation is 2. The summed E-state index contributed by atoms with van der Waals surface area (Å²) < 4.78 is 6.75. The van der Waals surface area contributed by atoms with Gasteiger partial charge in [-0.1, -0.05) is 63.4 Å². The first-order valence-corrected chi connectivity index (χ1v) is 12.8. The molecular formula is C27H26BrCl2N3O4. The maximum absolute atomic E-state index is 12.9. The average molecular weight is 607 g/mol. The van der Waals surface area contributed by atoms with Gasteiger partial charge in [0.25, 0.3) is 0 Å². The average Bonchev–Trinajstić information content (AvgIpc) is 2.84. The van der Waals surface area contributed by atoms with Gasteiger partial charge in [0.15, 0.2) is 0 Å². The number of benzene rings is 3. The molecule has 0 aromatic heterocycles. The molecule has 0 bridgehead atoms. The molecule has 3 aromatic carbocycles. The molecule has 0 aliphatic carbocycles. The van der Waals surface area contributed by atoms with E-state index in [0.29, 0.717) is 32.8 Å². The Kier molecular flexibility index (Phi) is 9.59. The van der Waals surface area contributed by atoms with Crippen LogP contribution in [-0.2, 0) is 20.9 Å². The van der Waals surface area contributed by atoms with Crippen molar-refractivity contribution in [2.24, 2.45) is 0 Å². The summed E-state index contributed by atoms with van der Waals surface area (Å²) in [5.74, 6) is -1.02. The second-order valence-corrected chi connectivity index (χ2v) is 10.3. The zero-order chi connectivity index (χ0) is 27.3. The van der Waals surface area contributed by atoms with Gasteiger partial charge in [-0.05, 0) is 49.2 Å². The number of halogens is 3. The highest BCUT2D eigenvalue weighted by molar-refractivity contribution is 9.10. The molecule has 0 aliphatic rings. The van der Waals surface area contributed by atoms with Crippen molar-refractivity contribution in [3.63, 3.8) is 0 Å². The first-order chi connectivity index (χ1) is 17.5. The molecule has 37 heavy (non-hydrogen) atoms. The highest BCUT2D eigenvalue weighted by atomic mass is 79.9. The quantitative estimate of drug-likeness (QED) is 0.324. The van der Waals surface area contributed by atoms with Crippen LogP contribution in [0.4, 0.5) is 5.69 Å². The van der Waals surface area contributed by atoms with Gasteiger partial charge in [-0.15, -0.1) is 0 Å². The third kappa shape index (κ3) is 7.47. The molecule has 3 aromatic rings. The third-order valence-corrected chi connectivity index (χ3v) is 6.79. The van der Waals surface area contributed by atoms with Crippen molar-refractivity contribution >= 4 is 62.5 Å². The van der Waals surface area contributed by atoms with Crippen LogP contribution < -0.4 is 10.1 Å². The molecule has 0 unspecified atom stereocenters. The van der Waals surface area contributed by atoms with Crippen LogP contribution in [0.3, 0.4) is 0 Å². The summed E-state index contributed by atoms with van der Waals surface area (Å²) in [6.07, 6.45) is 0. The fraction of sp³-hybridized carbons (Fsp3) is 0.222. The Bertz CT molecular complexity index is 1330. The van der Waals surface area contributed by atoms with Gasteiger partial charge in [-0.3, -0.25) is 14.4 Å². The Balaban J connectivity index is 1.66. The topological polar surface area (TPSA) is 79.0 Å². The van der Waals surface area contributed by atoms with Crippen molar-refractivity contribution < 1.29 is 19.1 Å². The summed E-state index contributed by atoms with van der Waals surface area (Å²) in [4.78, 5) is 40.6. The number of para-hydroxylation sites is 1. The Labute approximate surface area is 234 Å². The minimum absolute atomic E-state index is 0.0942. The number of amides is 3. The predicted molar refractivity (Wildman–Crippen MR) is 149 cm³/mol. The van der Waals surface area contributed by atoms with Crippen molar-refractivity contribution in [2.45, 2.75) is 20.4 Å². The molecule has 0 saturated heterocycles. The van der Waals surface area contributed by atoms with Crippen LogP contribution in [0.5, 0.6) is 11.5 Å². The van der Waals surface area contributed by atoms with E-state index in [2.05, 4.69) is 21.2 Å². The normalized spacial score (nSPS) is 10.6. The monoisotopic (exact) mass is 605 g/mol. The van der Waals surface area contributed by atoms with Crippen LogP contribution in [0.25, 0.3) is 0 Å². The lowest BCUT2D eigenvalue weighted by Gasteiger charge is -2.22. The molecule has 0 radical (unpaired) electrons. The van der Waals surface area contributed by atoms with E-state index >= 15 is 0 Å². The Morgan fingerprint density at radius 3 is 2.19 bits per heavy atom. The SMILES string of the molecule is Cc1cccc(C)c1NC(=O)CN(C)C(=O)C(=O)N(C)Cc1ccc(Br)cc1Oc1ccc(Cl)c(Cl)c1. The Morgan fingerprint density at radius 1 is 0.892 bits per heavy atom. The van der Waals surface area contributed by atoms with E-state index in [-0.39, 0.29) is 13.1 Å². The third-order valence-electron chi connectivity index (χ3n) is 5.56. The summed E-state index contributed by atoms with van der Waals surface area (Å²) in [5, 5.41) is 3.57. The molecule has 0 spiro atoms. The van der Waals surface area contributed by atoms with Crippen LogP contribution in [0.2, 0.25) is 10.0 Å². The largest absolute Gasteiger partial charge is 0.457 e. The number of hydrogen-bond donors (Lipinski definition) is 1. The van der Waals surface area contributed by atoms with Gasteiger partial charge in [-0.25, -0.2) is 0 Å². The van der Waals surface area contributed by atoms with Crippen LogP contribution in [0, 0.1) is 13.8 Å². The van der Waals surface area contributed by atoms with E-state index in [1.807, 2.05) is 32.0 Å². The van der Waals surface area contributed by atoms with E-state index in [0.717, 1.165) is 20.5 Å². The first-order valence-electron chi connectivity index (χ1n) is 11.2. The molecule has 0 atom stereocenters. The molecule has 3 amide bonds. The van der Waals surface area contributed by atoms with E-state index in [1.54, 1.807) is 36.4 Å². The molecule has 194 valence electrons. The zero-order valence-corrected chi connectivity index (χ0v) is 23.9. The lowest BCUT2D eigenvalue weighted by molar-refractivity contribution is -0.151. The molecule has 0 saturated carbocycles. The number of hydrogen-bond acceptors (Lipinski definition) is 4. The standard InChI is InChI=1S/C27H26BrCl2N3O4/c1-16-6-5-7-17(2)25(16)31-24(34)15-33(4)27(36)26(35)32(3)14-18-8-9-19(28)12-23(18)37-20-10-11-21(29)22(30)13-20/h5-13H,14-15H2,1-4H3,(H,31,34). The second kappa shape index (κ2) is 12.4. The number of carbonyl (C=O) groups excluding carboxylic acids is 3. The Morgan fingerprint density at radius 2 is 1.54 bits per heavy atom. The molecule has 0 heterocycles. The summed E-state index contributed by atoms with van der Waals surface area (Å²) >= 11 is 15.5. The number of anilines is 1. The number of likely N-dealkylation sites (N-methyl/N-ethyl adjacent to an activating group) is 2. The van der Waals surface area contributed by atoms with Gasteiger partial charge in [0.2, 0.25) is 5.91 Å². The molecule has 1 N–H and O–H groups in total. The fourth-order valence-electron chi connectivity index (χ4n) is 3.55. The van der Waals surface area contributed by atoms with Gasteiger partial charge in [-0.2, -0.15) is 0 Å². The number of rotatable bonds is 7.